The van der Waals surface area contributed by atoms with Crippen LogP contribution in [0, 0.1) is 5.92 Å². The van der Waals surface area contributed by atoms with Crippen LogP contribution in [0.1, 0.15) is 28.8 Å². The van der Waals surface area contributed by atoms with Gasteiger partial charge in [-0.25, -0.2) is 12.7 Å². The van der Waals surface area contributed by atoms with Crippen LogP contribution in [0.3, 0.4) is 0 Å². The molecule has 1 aliphatic heterocycles. The summed E-state index contributed by atoms with van der Waals surface area (Å²) in [5.41, 5.74) is 1.14. The topological polar surface area (TPSA) is 105 Å². The van der Waals surface area contributed by atoms with E-state index in [4.69, 9.17) is 27.9 Å². The number of nitrogens with zero attached hydrogens (tertiary/aromatic N) is 1. The number of piperidine rings is 1. The normalized spacial score (nSPS) is 16.7. The van der Waals surface area contributed by atoms with Gasteiger partial charge < -0.3 is 15.4 Å². The number of benzene rings is 2. The van der Waals surface area contributed by atoms with Crippen molar-refractivity contribution in [1.29, 1.82) is 0 Å². The van der Waals surface area contributed by atoms with Gasteiger partial charge in [0, 0.05) is 36.8 Å². The summed E-state index contributed by atoms with van der Waals surface area (Å²) in [6.07, 6.45) is 1.09. The molecule has 0 spiro atoms. The first-order chi connectivity index (χ1) is 16.2. The van der Waals surface area contributed by atoms with Crippen LogP contribution in [-0.2, 0) is 25.3 Å². The highest BCUT2D eigenvalue weighted by Crippen LogP contribution is 2.27. The van der Waals surface area contributed by atoms with Crippen LogP contribution < -0.4 is 10.6 Å². The lowest BCUT2D eigenvalue weighted by Gasteiger charge is -2.31. The second-order valence-electron chi connectivity index (χ2n) is 7.97. The molecule has 1 fully saturated rings. The van der Waals surface area contributed by atoms with Crippen molar-refractivity contribution >= 4 is 50.7 Å². The van der Waals surface area contributed by atoms with E-state index in [0.717, 1.165) is 0 Å². The third-order valence-corrected chi connectivity index (χ3v) is 7.90. The fourth-order valence-electron chi connectivity index (χ4n) is 3.72. The van der Waals surface area contributed by atoms with Crippen molar-refractivity contribution in [1.82, 2.24) is 9.62 Å². The van der Waals surface area contributed by atoms with E-state index in [1.807, 2.05) is 0 Å². The van der Waals surface area contributed by atoms with Gasteiger partial charge in [-0.3, -0.25) is 9.59 Å². The molecule has 0 aromatic heterocycles. The number of ether oxygens (including phenoxy) is 1. The van der Waals surface area contributed by atoms with Crippen LogP contribution in [0.4, 0.5) is 5.69 Å². The number of carbonyl (C=O) groups is 2. The molecule has 1 heterocycles. The van der Waals surface area contributed by atoms with Crippen LogP contribution in [0.5, 0.6) is 0 Å². The van der Waals surface area contributed by atoms with Crippen molar-refractivity contribution < 1.29 is 22.7 Å². The van der Waals surface area contributed by atoms with Crippen LogP contribution in [0.2, 0.25) is 10.0 Å². The van der Waals surface area contributed by atoms with Crippen molar-refractivity contribution in [2.45, 2.75) is 18.6 Å². The van der Waals surface area contributed by atoms with E-state index in [1.54, 1.807) is 36.4 Å². The molecule has 2 N–H and O–H groups in total. The standard InChI is InChI=1S/C23H27Cl2N3O5S/c1-33-12-10-26-23(30)19-6-2-3-7-21(19)27-22(29)16-5-4-11-28(14-16)34(31,32)15-17-8-9-18(24)13-20(17)25/h2-3,6-9,13,16H,4-5,10-12,14-15H2,1H3,(H,26,30)(H,27,29). The zero-order valence-electron chi connectivity index (χ0n) is 18.7. The van der Waals surface area contributed by atoms with Gasteiger partial charge in [-0.2, -0.15) is 0 Å². The van der Waals surface area contributed by atoms with Gasteiger partial charge in [0.25, 0.3) is 5.91 Å². The van der Waals surface area contributed by atoms with Gasteiger partial charge in [0.2, 0.25) is 15.9 Å². The van der Waals surface area contributed by atoms with E-state index >= 15 is 0 Å². The summed E-state index contributed by atoms with van der Waals surface area (Å²) in [6.45, 7) is 1.09. The molecule has 1 unspecified atom stereocenters. The monoisotopic (exact) mass is 527 g/mol. The number of hydrogen-bond donors (Lipinski definition) is 2. The second-order valence-corrected chi connectivity index (χ2v) is 10.8. The van der Waals surface area contributed by atoms with Gasteiger partial charge in [0.05, 0.1) is 29.5 Å². The molecule has 3 rings (SSSR count). The van der Waals surface area contributed by atoms with Crippen LogP contribution in [0.25, 0.3) is 0 Å². The summed E-state index contributed by atoms with van der Waals surface area (Å²) in [6, 6.07) is 11.4. The summed E-state index contributed by atoms with van der Waals surface area (Å²) in [5, 5.41) is 6.23. The number of carbonyl (C=O) groups excluding carboxylic acids is 2. The minimum atomic E-state index is -3.70. The number of methoxy groups -OCH3 is 1. The fourth-order valence-corrected chi connectivity index (χ4v) is 5.92. The number of anilines is 1. The molecular formula is C23H27Cl2N3O5S. The Bertz CT molecular complexity index is 1140. The van der Waals surface area contributed by atoms with E-state index in [9.17, 15) is 18.0 Å². The van der Waals surface area contributed by atoms with Gasteiger partial charge in [-0.15, -0.1) is 0 Å². The molecule has 0 aliphatic carbocycles. The summed E-state index contributed by atoms with van der Waals surface area (Å²) in [4.78, 5) is 25.5. The van der Waals surface area contributed by atoms with Crippen LogP contribution >= 0.6 is 23.2 Å². The molecule has 2 aromatic carbocycles. The van der Waals surface area contributed by atoms with E-state index in [1.165, 1.54) is 17.5 Å². The summed E-state index contributed by atoms with van der Waals surface area (Å²) >= 11 is 12.1. The predicted molar refractivity (Wildman–Crippen MR) is 133 cm³/mol. The highest BCUT2D eigenvalue weighted by atomic mass is 35.5. The molecule has 184 valence electrons. The van der Waals surface area contributed by atoms with Crippen molar-refractivity contribution in [3.05, 3.63) is 63.6 Å². The Morgan fingerprint density at radius 1 is 1.18 bits per heavy atom. The van der Waals surface area contributed by atoms with Crippen LogP contribution in [-0.4, -0.2) is 57.9 Å². The number of sulfonamides is 1. The molecule has 2 amide bonds. The first-order valence-corrected chi connectivity index (χ1v) is 13.2. The Kier molecular flexibility index (Phi) is 9.32. The molecule has 1 saturated heterocycles. The summed E-state index contributed by atoms with van der Waals surface area (Å²) in [5.74, 6) is -1.49. The minimum Gasteiger partial charge on any atom is -0.383 e. The zero-order chi connectivity index (χ0) is 24.7. The van der Waals surface area contributed by atoms with Gasteiger partial charge >= 0.3 is 0 Å². The number of amides is 2. The first kappa shape index (κ1) is 26.4. The number of halogens is 2. The average molecular weight is 528 g/mol. The van der Waals surface area contributed by atoms with Gasteiger partial charge in [-0.05, 0) is 42.7 Å². The zero-order valence-corrected chi connectivity index (χ0v) is 21.0. The quantitative estimate of drug-likeness (QED) is 0.485. The van der Waals surface area contributed by atoms with Crippen molar-refractivity contribution in [2.24, 2.45) is 5.92 Å². The molecule has 0 bridgehead atoms. The Morgan fingerprint density at radius 3 is 2.68 bits per heavy atom. The molecule has 1 aliphatic rings. The molecule has 1 atom stereocenters. The molecule has 0 saturated carbocycles. The van der Waals surface area contributed by atoms with Gasteiger partial charge in [0.1, 0.15) is 0 Å². The number of para-hydroxylation sites is 1. The minimum absolute atomic E-state index is 0.0571. The van der Waals surface area contributed by atoms with E-state index in [2.05, 4.69) is 10.6 Å². The third-order valence-electron chi connectivity index (χ3n) is 5.52. The van der Waals surface area contributed by atoms with Crippen molar-refractivity contribution in [3.63, 3.8) is 0 Å². The van der Waals surface area contributed by atoms with E-state index in [-0.39, 0.29) is 29.1 Å². The average Bonchev–Trinajstić information content (AvgIpc) is 2.81. The maximum absolute atomic E-state index is 13.0. The molecule has 11 heteroatoms. The largest absolute Gasteiger partial charge is 0.383 e. The first-order valence-electron chi connectivity index (χ1n) is 10.8. The lowest BCUT2D eigenvalue weighted by molar-refractivity contribution is -0.120. The number of rotatable bonds is 9. The van der Waals surface area contributed by atoms with E-state index in [0.29, 0.717) is 54.4 Å². The van der Waals surface area contributed by atoms with Crippen LogP contribution in [0.15, 0.2) is 42.5 Å². The maximum Gasteiger partial charge on any atom is 0.253 e. The molecule has 8 nitrogen and oxygen atoms in total. The summed E-state index contributed by atoms with van der Waals surface area (Å²) < 4.78 is 32.3. The number of nitrogens with one attached hydrogen (secondary N) is 2. The Labute approximate surface area is 209 Å². The highest BCUT2D eigenvalue weighted by Gasteiger charge is 2.33. The van der Waals surface area contributed by atoms with Crippen molar-refractivity contribution in [2.75, 3.05) is 38.7 Å². The Morgan fingerprint density at radius 2 is 1.94 bits per heavy atom. The lowest BCUT2D eigenvalue weighted by atomic mass is 9.98. The van der Waals surface area contributed by atoms with Gasteiger partial charge in [-0.1, -0.05) is 41.4 Å². The fraction of sp³-hybridized carbons (Fsp3) is 0.391. The lowest BCUT2D eigenvalue weighted by Crippen LogP contribution is -2.44. The maximum atomic E-state index is 13.0. The highest BCUT2D eigenvalue weighted by molar-refractivity contribution is 7.88. The Balaban J connectivity index is 1.67. The second kappa shape index (κ2) is 12.0. The number of hydrogen-bond acceptors (Lipinski definition) is 5. The summed E-state index contributed by atoms with van der Waals surface area (Å²) in [7, 11) is -2.16. The smallest absolute Gasteiger partial charge is 0.253 e. The SMILES string of the molecule is COCCNC(=O)c1ccccc1NC(=O)C1CCCN(S(=O)(=O)Cc2ccc(Cl)cc2Cl)C1. The molecule has 0 radical (unpaired) electrons. The van der Waals surface area contributed by atoms with Crippen molar-refractivity contribution in [3.8, 4) is 0 Å². The predicted octanol–water partition coefficient (Wildman–Crippen LogP) is 3.55. The molecule has 2 aromatic rings. The molecule has 34 heavy (non-hydrogen) atoms. The molecular weight excluding hydrogens is 501 g/mol. The van der Waals surface area contributed by atoms with Gasteiger partial charge in [0.15, 0.2) is 0 Å². The third kappa shape index (κ3) is 6.93. The van der Waals surface area contributed by atoms with E-state index < -0.39 is 15.9 Å². The Hall–Kier alpha value is -2.17.